The number of fused-ring (bicyclic) bond motifs is 1. The fourth-order valence-corrected chi connectivity index (χ4v) is 4.06. The zero-order chi connectivity index (χ0) is 17.2. The minimum atomic E-state index is 0.0528. The molecule has 2 aliphatic heterocycles. The number of piperidine rings is 1. The molecule has 0 spiro atoms. The lowest BCUT2D eigenvalue weighted by atomic mass is 9.96. The van der Waals surface area contributed by atoms with Gasteiger partial charge in [-0.25, -0.2) is 4.98 Å². The third kappa shape index (κ3) is 3.19. The molecule has 25 heavy (non-hydrogen) atoms. The van der Waals surface area contributed by atoms with Gasteiger partial charge in [0.15, 0.2) is 0 Å². The molecule has 1 atom stereocenters. The molecule has 0 saturated carbocycles. The molecule has 7 heteroatoms. The highest BCUT2D eigenvalue weighted by Gasteiger charge is 2.31. The van der Waals surface area contributed by atoms with Gasteiger partial charge in [-0.2, -0.15) is 4.98 Å². The Morgan fingerprint density at radius 1 is 1.12 bits per heavy atom. The third-order valence-corrected chi connectivity index (χ3v) is 5.41. The standard InChI is InChI=1S/C18H25N5O2/c1-13-15-16(19-12-20-17(15)25-21-13)23-10-6-7-14(11-23)18(24)22-8-4-2-3-5-9-22/h12,14H,2-11H2,1H3/t14-/m0/s1. The van der Waals surface area contributed by atoms with Crippen molar-refractivity contribution in [2.75, 3.05) is 31.1 Å². The first-order valence-corrected chi connectivity index (χ1v) is 9.35. The second-order valence-corrected chi connectivity index (χ2v) is 7.17. The van der Waals surface area contributed by atoms with Crippen LogP contribution < -0.4 is 4.90 Å². The summed E-state index contributed by atoms with van der Waals surface area (Å²) >= 11 is 0. The van der Waals surface area contributed by atoms with Gasteiger partial charge in [0.25, 0.3) is 5.71 Å². The van der Waals surface area contributed by atoms with E-state index in [1.807, 2.05) is 6.92 Å². The summed E-state index contributed by atoms with van der Waals surface area (Å²) in [6.45, 7) is 5.35. The maximum atomic E-state index is 13.0. The fourth-order valence-electron chi connectivity index (χ4n) is 4.06. The number of anilines is 1. The van der Waals surface area contributed by atoms with Crippen LogP contribution in [0.1, 0.15) is 44.2 Å². The van der Waals surface area contributed by atoms with Crippen molar-refractivity contribution in [1.82, 2.24) is 20.0 Å². The van der Waals surface area contributed by atoms with E-state index in [2.05, 4.69) is 24.9 Å². The van der Waals surface area contributed by atoms with E-state index in [1.165, 1.54) is 19.2 Å². The minimum absolute atomic E-state index is 0.0528. The van der Waals surface area contributed by atoms with Gasteiger partial charge in [-0.3, -0.25) is 4.79 Å². The Hall–Kier alpha value is -2.18. The summed E-state index contributed by atoms with van der Waals surface area (Å²) in [5, 5.41) is 4.88. The molecule has 7 nitrogen and oxygen atoms in total. The van der Waals surface area contributed by atoms with Crippen molar-refractivity contribution >= 4 is 22.8 Å². The number of hydrogen-bond acceptors (Lipinski definition) is 6. The topological polar surface area (TPSA) is 75.4 Å². The highest BCUT2D eigenvalue weighted by Crippen LogP contribution is 2.30. The van der Waals surface area contributed by atoms with Crippen molar-refractivity contribution in [2.45, 2.75) is 45.4 Å². The summed E-state index contributed by atoms with van der Waals surface area (Å²) in [6, 6.07) is 0. The van der Waals surface area contributed by atoms with Gasteiger partial charge in [-0.05, 0) is 32.6 Å². The van der Waals surface area contributed by atoms with Crippen LogP contribution in [0.3, 0.4) is 0 Å². The van der Waals surface area contributed by atoms with Crippen LogP contribution in [0.15, 0.2) is 10.9 Å². The normalized spacial score (nSPS) is 22.2. The first-order valence-electron chi connectivity index (χ1n) is 9.35. The molecular formula is C18H25N5O2. The van der Waals surface area contributed by atoms with Crippen molar-refractivity contribution in [3.8, 4) is 0 Å². The average Bonchev–Trinajstić information content (AvgIpc) is 2.87. The quantitative estimate of drug-likeness (QED) is 0.834. The monoisotopic (exact) mass is 343 g/mol. The van der Waals surface area contributed by atoms with E-state index >= 15 is 0 Å². The smallest absolute Gasteiger partial charge is 0.263 e. The zero-order valence-electron chi connectivity index (χ0n) is 14.8. The van der Waals surface area contributed by atoms with E-state index in [-0.39, 0.29) is 5.92 Å². The number of rotatable bonds is 2. The fraction of sp³-hybridized carbons (Fsp3) is 0.667. The highest BCUT2D eigenvalue weighted by atomic mass is 16.5. The molecule has 0 aromatic carbocycles. The van der Waals surface area contributed by atoms with Gasteiger partial charge in [0.05, 0.1) is 11.6 Å². The Labute approximate surface area is 147 Å². The number of carbonyl (C=O) groups excluding carboxylic acids is 1. The van der Waals surface area contributed by atoms with Gasteiger partial charge in [0.1, 0.15) is 17.5 Å². The zero-order valence-corrected chi connectivity index (χ0v) is 14.8. The van der Waals surface area contributed by atoms with Gasteiger partial charge < -0.3 is 14.3 Å². The number of hydrogen-bond donors (Lipinski definition) is 0. The molecular weight excluding hydrogens is 318 g/mol. The number of carbonyl (C=O) groups is 1. The average molecular weight is 343 g/mol. The molecule has 0 radical (unpaired) electrons. The van der Waals surface area contributed by atoms with Crippen molar-refractivity contribution in [3.63, 3.8) is 0 Å². The maximum absolute atomic E-state index is 13.0. The largest absolute Gasteiger partial charge is 0.355 e. The number of aryl methyl sites for hydroxylation is 1. The van der Waals surface area contributed by atoms with Crippen LogP contribution in [-0.2, 0) is 4.79 Å². The van der Waals surface area contributed by atoms with Crippen LogP contribution in [0.4, 0.5) is 5.82 Å². The lowest BCUT2D eigenvalue weighted by molar-refractivity contribution is -0.135. The molecule has 4 rings (SSSR count). The van der Waals surface area contributed by atoms with E-state index in [1.54, 1.807) is 0 Å². The Bertz CT molecular complexity index is 751. The molecule has 2 aromatic heterocycles. The Morgan fingerprint density at radius 2 is 1.92 bits per heavy atom. The molecule has 1 amide bonds. The molecule has 2 aromatic rings. The summed E-state index contributed by atoms with van der Waals surface area (Å²) < 4.78 is 5.26. The summed E-state index contributed by atoms with van der Waals surface area (Å²) in [4.78, 5) is 25.9. The van der Waals surface area contributed by atoms with Crippen LogP contribution in [0, 0.1) is 12.8 Å². The molecule has 134 valence electrons. The predicted molar refractivity (Wildman–Crippen MR) is 94.3 cm³/mol. The van der Waals surface area contributed by atoms with Crippen LogP contribution >= 0.6 is 0 Å². The van der Waals surface area contributed by atoms with Crippen molar-refractivity contribution < 1.29 is 9.32 Å². The minimum Gasteiger partial charge on any atom is -0.355 e. The van der Waals surface area contributed by atoms with Crippen LogP contribution in [0.2, 0.25) is 0 Å². The SMILES string of the molecule is Cc1noc2ncnc(N3CCC[C@H](C(=O)N4CCCCCC4)C3)c12. The second-order valence-electron chi connectivity index (χ2n) is 7.17. The number of likely N-dealkylation sites (tertiary alicyclic amines) is 1. The van der Waals surface area contributed by atoms with Gasteiger partial charge in [-0.1, -0.05) is 18.0 Å². The van der Waals surface area contributed by atoms with E-state index in [9.17, 15) is 4.79 Å². The predicted octanol–water partition coefficient (Wildman–Crippen LogP) is 2.55. The van der Waals surface area contributed by atoms with E-state index in [0.29, 0.717) is 18.2 Å². The van der Waals surface area contributed by atoms with Gasteiger partial charge in [-0.15, -0.1) is 0 Å². The van der Waals surface area contributed by atoms with Crippen molar-refractivity contribution in [1.29, 1.82) is 0 Å². The van der Waals surface area contributed by atoms with E-state index < -0.39 is 0 Å². The molecule has 2 aliphatic rings. The summed E-state index contributed by atoms with van der Waals surface area (Å²) in [5.41, 5.74) is 1.31. The Balaban J connectivity index is 1.54. The highest BCUT2D eigenvalue weighted by molar-refractivity contribution is 5.88. The first kappa shape index (κ1) is 16.3. The van der Waals surface area contributed by atoms with Gasteiger partial charge in [0.2, 0.25) is 5.91 Å². The molecule has 2 fully saturated rings. The molecule has 4 heterocycles. The van der Waals surface area contributed by atoms with Gasteiger partial charge >= 0.3 is 0 Å². The number of aromatic nitrogens is 3. The maximum Gasteiger partial charge on any atom is 0.263 e. The Kier molecular flexibility index (Phi) is 4.55. The lowest BCUT2D eigenvalue weighted by Crippen LogP contribution is -2.45. The third-order valence-electron chi connectivity index (χ3n) is 5.41. The summed E-state index contributed by atoms with van der Waals surface area (Å²) in [5.74, 6) is 1.22. The second kappa shape index (κ2) is 6.98. The lowest BCUT2D eigenvalue weighted by Gasteiger charge is -2.35. The molecule has 0 unspecified atom stereocenters. The Morgan fingerprint density at radius 3 is 2.72 bits per heavy atom. The molecule has 0 aliphatic carbocycles. The van der Waals surface area contributed by atoms with Crippen molar-refractivity contribution in [2.24, 2.45) is 5.92 Å². The molecule has 2 saturated heterocycles. The van der Waals surface area contributed by atoms with Crippen LogP contribution in [0.5, 0.6) is 0 Å². The van der Waals surface area contributed by atoms with Crippen molar-refractivity contribution in [3.05, 3.63) is 12.0 Å². The molecule has 0 N–H and O–H groups in total. The van der Waals surface area contributed by atoms with E-state index in [0.717, 1.165) is 62.2 Å². The van der Waals surface area contributed by atoms with E-state index in [4.69, 9.17) is 4.52 Å². The van der Waals surface area contributed by atoms with Gasteiger partial charge in [0, 0.05) is 26.2 Å². The molecule has 0 bridgehead atoms. The summed E-state index contributed by atoms with van der Waals surface area (Å²) in [7, 11) is 0. The van der Waals surface area contributed by atoms with Crippen LogP contribution in [0.25, 0.3) is 11.1 Å². The number of amides is 1. The summed E-state index contributed by atoms with van der Waals surface area (Å²) in [6.07, 6.45) is 8.23. The number of nitrogens with zero attached hydrogens (tertiary/aromatic N) is 5. The van der Waals surface area contributed by atoms with Crippen LogP contribution in [-0.4, -0.2) is 52.1 Å². The first-order chi connectivity index (χ1) is 12.2.